The molecule has 0 amide bonds. The molecule has 2 unspecified atom stereocenters. The summed E-state index contributed by atoms with van der Waals surface area (Å²) in [5, 5.41) is 7.18. The van der Waals surface area contributed by atoms with Gasteiger partial charge in [0.15, 0.2) is 10.5 Å². The lowest BCUT2D eigenvalue weighted by atomic mass is 9.98. The molecule has 2 aliphatic rings. The fourth-order valence-electron chi connectivity index (χ4n) is 5.67. The van der Waals surface area contributed by atoms with Gasteiger partial charge >= 0.3 is 6.18 Å². The summed E-state index contributed by atoms with van der Waals surface area (Å²) in [7, 11) is 0. The van der Waals surface area contributed by atoms with E-state index in [0.717, 1.165) is 63.2 Å². The molecule has 10 heteroatoms. The van der Waals surface area contributed by atoms with Gasteiger partial charge in [-0.25, -0.2) is 0 Å². The summed E-state index contributed by atoms with van der Waals surface area (Å²) in [5.74, 6) is -1.02. The second kappa shape index (κ2) is 9.59. The molecular formula is C28H28F3N5OS. The van der Waals surface area contributed by atoms with Gasteiger partial charge in [0.1, 0.15) is 0 Å². The Morgan fingerprint density at radius 2 is 1.87 bits per heavy atom. The Labute approximate surface area is 222 Å². The van der Waals surface area contributed by atoms with Crippen molar-refractivity contribution in [1.82, 2.24) is 18.9 Å². The Bertz CT molecular complexity index is 1500. The molecule has 0 aliphatic carbocycles. The maximum Gasteiger partial charge on any atom is 0.452 e. The predicted molar refractivity (Wildman–Crippen MR) is 140 cm³/mol. The number of pyridine rings is 1. The van der Waals surface area contributed by atoms with E-state index in [1.54, 1.807) is 13.0 Å². The summed E-state index contributed by atoms with van der Waals surface area (Å²) >= 11 is -1.28. The van der Waals surface area contributed by atoms with Crippen molar-refractivity contribution in [3.63, 3.8) is 0 Å². The zero-order chi connectivity index (χ0) is 26.6. The normalized spacial score (nSPS) is 20.0. The van der Waals surface area contributed by atoms with Gasteiger partial charge in [-0.3, -0.25) is 4.40 Å². The first-order valence-electron chi connectivity index (χ1n) is 12.7. The van der Waals surface area contributed by atoms with Crippen molar-refractivity contribution in [3.8, 4) is 0 Å². The van der Waals surface area contributed by atoms with E-state index in [-0.39, 0.29) is 5.65 Å². The van der Waals surface area contributed by atoms with E-state index < -0.39 is 23.4 Å². The Morgan fingerprint density at radius 3 is 2.68 bits per heavy atom. The summed E-state index contributed by atoms with van der Waals surface area (Å²) in [5.41, 5.74) is 6.10. The van der Waals surface area contributed by atoms with Crippen LogP contribution in [-0.2, 0) is 30.5 Å². The highest BCUT2D eigenvalue weighted by molar-refractivity contribution is 7.89. The number of halogens is 3. The van der Waals surface area contributed by atoms with Crippen LogP contribution in [0.1, 0.15) is 46.5 Å². The molecule has 6 nitrogen and oxygen atoms in total. The first-order chi connectivity index (χ1) is 18.2. The number of aryl methyl sites for hydroxylation is 2. The number of anilines is 1. The molecule has 38 heavy (non-hydrogen) atoms. The van der Waals surface area contributed by atoms with Gasteiger partial charge in [0, 0.05) is 18.8 Å². The molecule has 2 aliphatic heterocycles. The first-order valence-corrected chi connectivity index (χ1v) is 13.8. The van der Waals surface area contributed by atoms with Crippen LogP contribution < -0.4 is 4.90 Å². The van der Waals surface area contributed by atoms with E-state index in [1.165, 1.54) is 6.20 Å². The molecule has 6 rings (SSSR count). The minimum absolute atomic E-state index is 0.210. The van der Waals surface area contributed by atoms with Crippen molar-refractivity contribution in [1.29, 1.82) is 0 Å². The molecule has 0 radical (unpaired) electrons. The van der Waals surface area contributed by atoms with Crippen LogP contribution in [0.3, 0.4) is 0 Å². The average molecular weight is 540 g/mol. The van der Waals surface area contributed by atoms with Crippen molar-refractivity contribution in [2.75, 3.05) is 18.0 Å². The maximum atomic E-state index is 13.7. The van der Waals surface area contributed by atoms with Crippen LogP contribution in [0.25, 0.3) is 5.65 Å². The standard InChI is InChI=1S/C28H28F3N5OS/c1-18-9-10-20(14-21-11-13-36-26(19(21)2)32-33-27(36)28(29,30)31)15-22(18)16-34-17-23-6-5-12-35(23)24-7-3-4-8-25(24)38(34)37/h3-4,7-11,13,15,23H,5-6,12,14,16-17H2,1-2H3. The van der Waals surface area contributed by atoms with Gasteiger partial charge in [0.05, 0.1) is 30.1 Å². The zero-order valence-electron chi connectivity index (χ0n) is 21.2. The van der Waals surface area contributed by atoms with Crippen molar-refractivity contribution < 1.29 is 17.7 Å². The molecule has 0 bridgehead atoms. The number of para-hydroxylation sites is 1. The SMILES string of the molecule is Cc1ccc(Cc2ccn3c(C(F)(F)F)nnc3c2C)cc1CN1CC2CCCN2c2ccccc2[S+]1[O-]. The molecule has 1 fully saturated rings. The maximum absolute atomic E-state index is 13.7. The van der Waals surface area contributed by atoms with E-state index in [1.807, 2.05) is 24.3 Å². The molecular weight excluding hydrogens is 511 g/mol. The number of nitrogens with zero attached hydrogens (tertiary/aromatic N) is 5. The number of alkyl halides is 3. The van der Waals surface area contributed by atoms with Crippen molar-refractivity contribution >= 4 is 22.7 Å². The number of rotatable bonds is 4. The number of aromatic nitrogens is 3. The number of fused-ring (bicyclic) bond motifs is 4. The Kier molecular flexibility index (Phi) is 6.36. The topological polar surface area (TPSA) is 59.7 Å². The first kappa shape index (κ1) is 25.2. The summed E-state index contributed by atoms with van der Waals surface area (Å²) < 4.78 is 56.6. The molecule has 0 saturated carbocycles. The summed E-state index contributed by atoms with van der Waals surface area (Å²) in [6, 6.07) is 16.3. The van der Waals surface area contributed by atoms with Gasteiger partial charge in [-0.1, -0.05) is 30.3 Å². The lowest BCUT2D eigenvalue weighted by Crippen LogP contribution is -2.39. The van der Waals surface area contributed by atoms with E-state index in [4.69, 9.17) is 0 Å². The van der Waals surface area contributed by atoms with E-state index >= 15 is 0 Å². The lowest BCUT2D eigenvalue weighted by molar-refractivity contribution is -0.145. The Hall–Kier alpha value is -3.08. The van der Waals surface area contributed by atoms with Gasteiger partial charge < -0.3 is 9.45 Å². The van der Waals surface area contributed by atoms with Crippen LogP contribution in [0.4, 0.5) is 18.9 Å². The highest BCUT2D eigenvalue weighted by Gasteiger charge is 2.39. The summed E-state index contributed by atoms with van der Waals surface area (Å²) in [4.78, 5) is 3.27. The van der Waals surface area contributed by atoms with E-state index in [2.05, 4.69) is 44.5 Å². The van der Waals surface area contributed by atoms with Crippen LogP contribution in [0.2, 0.25) is 0 Å². The second-order valence-electron chi connectivity index (χ2n) is 10.1. The van der Waals surface area contributed by atoms with Gasteiger partial charge in [0.2, 0.25) is 5.82 Å². The monoisotopic (exact) mass is 539 g/mol. The average Bonchev–Trinajstić information content (AvgIpc) is 3.52. The molecule has 1 saturated heterocycles. The van der Waals surface area contributed by atoms with Crippen molar-refractivity contribution in [2.45, 2.75) is 56.8 Å². The minimum atomic E-state index is -4.57. The third-order valence-electron chi connectivity index (χ3n) is 7.73. The second-order valence-corrected chi connectivity index (χ2v) is 11.6. The smallest absolute Gasteiger partial charge is 0.452 e. The molecule has 2 aromatic carbocycles. The number of hydrogen-bond acceptors (Lipinski definition) is 5. The number of hydrogen-bond donors (Lipinski definition) is 0. The van der Waals surface area contributed by atoms with Crippen LogP contribution in [0, 0.1) is 13.8 Å². The fraction of sp³-hybridized carbons (Fsp3) is 0.357. The zero-order valence-corrected chi connectivity index (χ0v) is 22.0. The summed E-state index contributed by atoms with van der Waals surface area (Å²) in [6.45, 7) is 6.11. The van der Waals surface area contributed by atoms with Crippen LogP contribution in [-0.4, -0.2) is 42.6 Å². The van der Waals surface area contributed by atoms with Crippen LogP contribution in [0.15, 0.2) is 59.6 Å². The van der Waals surface area contributed by atoms with Crippen molar-refractivity contribution in [2.24, 2.45) is 0 Å². The van der Waals surface area contributed by atoms with Crippen molar-refractivity contribution in [3.05, 3.63) is 88.4 Å². The van der Waals surface area contributed by atoms with Crippen LogP contribution in [0.5, 0.6) is 0 Å². The lowest BCUT2D eigenvalue weighted by Gasteiger charge is -2.26. The quantitative estimate of drug-likeness (QED) is 0.322. The molecule has 4 aromatic rings. The molecule has 198 valence electrons. The molecule has 4 heterocycles. The van der Waals surface area contributed by atoms with E-state index in [9.17, 15) is 17.7 Å². The third-order valence-corrected chi connectivity index (χ3v) is 9.20. The molecule has 0 spiro atoms. The molecule has 2 atom stereocenters. The molecule has 0 N–H and O–H groups in total. The third kappa shape index (κ3) is 4.44. The van der Waals surface area contributed by atoms with Gasteiger partial charge in [-0.05, 0) is 79.1 Å². The predicted octanol–water partition coefficient (Wildman–Crippen LogP) is 5.46. The fourth-order valence-corrected chi connectivity index (χ4v) is 7.07. The van der Waals surface area contributed by atoms with Gasteiger partial charge in [-0.15, -0.1) is 14.5 Å². The number of benzene rings is 2. The van der Waals surface area contributed by atoms with E-state index in [0.29, 0.717) is 24.6 Å². The van der Waals surface area contributed by atoms with Gasteiger partial charge in [0.25, 0.3) is 0 Å². The van der Waals surface area contributed by atoms with Crippen LogP contribution >= 0.6 is 0 Å². The Balaban J connectivity index is 1.28. The highest BCUT2D eigenvalue weighted by atomic mass is 32.2. The van der Waals surface area contributed by atoms with Gasteiger partial charge in [-0.2, -0.15) is 13.2 Å². The Morgan fingerprint density at radius 1 is 1.05 bits per heavy atom. The molecule has 2 aromatic heterocycles. The largest absolute Gasteiger partial charge is 0.593 e. The minimum Gasteiger partial charge on any atom is -0.593 e. The summed E-state index contributed by atoms with van der Waals surface area (Å²) in [6.07, 6.45) is -0.411. The highest BCUT2D eigenvalue weighted by Crippen LogP contribution is 2.37.